The molecule has 12 nitrogen and oxygen atoms in total. The summed E-state index contributed by atoms with van der Waals surface area (Å²) in [6, 6.07) is -3.90. The Labute approximate surface area is 299 Å². The number of carbonyl (C=O) groups excluding carboxylic acids is 5. The first-order valence-electron chi connectivity index (χ1n) is 18.1. The number of ketones is 1. The summed E-state index contributed by atoms with van der Waals surface area (Å²) < 4.78 is 24.9. The molecular formula is C34H51Cl2N5O7S. The Bertz CT molecular complexity index is 1470. The van der Waals surface area contributed by atoms with E-state index in [-0.39, 0.29) is 24.3 Å². The maximum Gasteiger partial charge on any atom is 0.315 e. The Morgan fingerprint density at radius 1 is 0.918 bits per heavy atom. The predicted molar refractivity (Wildman–Crippen MR) is 185 cm³/mol. The second-order valence-electron chi connectivity index (χ2n) is 16.5. The highest BCUT2D eigenvalue weighted by Crippen LogP contribution is 2.65. The topological polar surface area (TPSA) is 171 Å². The quantitative estimate of drug-likeness (QED) is 0.176. The third kappa shape index (κ3) is 7.73. The van der Waals surface area contributed by atoms with Crippen LogP contribution in [-0.2, 0) is 29.0 Å². The number of hydrogen-bond donors (Lipinski definition) is 4. The number of carbonyl (C=O) groups is 5. The number of piperidine rings is 1. The van der Waals surface area contributed by atoms with Gasteiger partial charge in [-0.1, -0.05) is 52.9 Å². The Balaban J connectivity index is 1.19. The van der Waals surface area contributed by atoms with Crippen molar-refractivity contribution >= 4 is 62.6 Å². The third-order valence-electron chi connectivity index (χ3n) is 11.7. The molecule has 4 N–H and O–H groups in total. The number of alkyl halides is 2. The lowest BCUT2D eigenvalue weighted by Gasteiger charge is -2.43. The van der Waals surface area contributed by atoms with Gasteiger partial charge in [0, 0.05) is 24.4 Å². The number of hydrogen-bond acceptors (Lipinski definition) is 7. The van der Waals surface area contributed by atoms with Crippen molar-refractivity contribution in [2.75, 3.05) is 12.3 Å². The van der Waals surface area contributed by atoms with Crippen LogP contribution < -0.4 is 21.3 Å². The van der Waals surface area contributed by atoms with E-state index >= 15 is 0 Å². The van der Waals surface area contributed by atoms with Crippen molar-refractivity contribution in [3.63, 3.8) is 0 Å². The number of fused-ring (bicyclic) bond motifs is 1. The number of nitrogens with zero attached hydrogens (tertiary/aromatic N) is 1. The lowest BCUT2D eigenvalue weighted by Crippen LogP contribution is -2.65. The van der Waals surface area contributed by atoms with Gasteiger partial charge in [0.05, 0.1) is 22.6 Å². The first-order valence-corrected chi connectivity index (χ1v) is 20.6. The zero-order chi connectivity index (χ0) is 35.5. The smallest absolute Gasteiger partial charge is 0.315 e. The molecule has 0 bridgehead atoms. The van der Waals surface area contributed by atoms with Crippen molar-refractivity contribution < 1.29 is 32.4 Å². The Morgan fingerprint density at radius 3 is 2.16 bits per heavy atom. The Morgan fingerprint density at radius 2 is 1.59 bits per heavy atom. The van der Waals surface area contributed by atoms with Gasteiger partial charge in [-0.15, -0.1) is 23.2 Å². The van der Waals surface area contributed by atoms with E-state index in [0.717, 1.165) is 44.9 Å². The van der Waals surface area contributed by atoms with Crippen LogP contribution in [0.5, 0.6) is 0 Å². The van der Waals surface area contributed by atoms with Gasteiger partial charge in [-0.05, 0) is 62.7 Å². The van der Waals surface area contributed by atoms with E-state index in [2.05, 4.69) is 21.3 Å². The molecule has 6 aliphatic rings. The van der Waals surface area contributed by atoms with Crippen LogP contribution in [0.3, 0.4) is 0 Å². The second kappa shape index (κ2) is 13.5. The van der Waals surface area contributed by atoms with E-state index in [9.17, 15) is 32.4 Å². The van der Waals surface area contributed by atoms with E-state index in [1.807, 2.05) is 0 Å². The molecule has 6 atom stereocenters. The normalized spacial score (nSPS) is 30.8. The van der Waals surface area contributed by atoms with Crippen molar-refractivity contribution in [2.45, 2.75) is 144 Å². The molecule has 6 rings (SSSR count). The minimum absolute atomic E-state index is 0.0193. The Hall–Kier alpha value is -2.12. The van der Waals surface area contributed by atoms with Gasteiger partial charge < -0.3 is 26.2 Å². The summed E-state index contributed by atoms with van der Waals surface area (Å²) in [6.07, 6.45) is 9.41. The average Bonchev–Trinajstić information content (AvgIpc) is 3.98. The summed E-state index contributed by atoms with van der Waals surface area (Å²) in [4.78, 5) is 69.6. The van der Waals surface area contributed by atoms with Gasteiger partial charge in [-0.25, -0.2) is 13.2 Å². The van der Waals surface area contributed by atoms with Crippen molar-refractivity contribution in [3.8, 4) is 0 Å². The van der Waals surface area contributed by atoms with Gasteiger partial charge in [-0.2, -0.15) is 0 Å². The summed E-state index contributed by atoms with van der Waals surface area (Å²) in [5.74, 6) is -2.96. The number of sulfone groups is 1. The van der Waals surface area contributed by atoms with E-state index in [4.69, 9.17) is 23.2 Å². The molecule has 0 radical (unpaired) electrons. The molecule has 274 valence electrons. The number of urea groups is 1. The molecule has 49 heavy (non-hydrogen) atoms. The maximum atomic E-state index is 14.4. The van der Waals surface area contributed by atoms with E-state index in [0.29, 0.717) is 44.4 Å². The minimum Gasteiger partial charge on any atom is -0.347 e. The van der Waals surface area contributed by atoms with E-state index < -0.39 is 84.0 Å². The number of halogens is 2. The van der Waals surface area contributed by atoms with Crippen LogP contribution in [0.1, 0.15) is 104 Å². The average molecular weight is 745 g/mol. The highest BCUT2D eigenvalue weighted by molar-refractivity contribution is 7.92. The maximum absolute atomic E-state index is 14.4. The summed E-state index contributed by atoms with van der Waals surface area (Å²) in [5, 5.41) is 10.7. The predicted octanol–water partition coefficient (Wildman–Crippen LogP) is 3.13. The van der Waals surface area contributed by atoms with Gasteiger partial charge in [0.2, 0.25) is 17.6 Å². The van der Waals surface area contributed by atoms with Crippen LogP contribution in [0.25, 0.3) is 0 Å². The fraction of sp³-hybridized carbons (Fsp3) is 0.853. The van der Waals surface area contributed by atoms with Crippen LogP contribution in [0.15, 0.2) is 0 Å². The molecule has 4 saturated carbocycles. The number of amides is 5. The SMILES string of the molecule is CC(C)(C)[C@H](NC(=O)NC1([C@@H]2CCCS2(=O)=O)CCCCC1)C(=O)N1C[C@H]2[C@@H]([C@H]1C(=O)N[C@@H](CCC1CC1)C(=O)C(=O)NC1CC1)C2(Cl)Cl. The van der Waals surface area contributed by atoms with Gasteiger partial charge in [0.25, 0.3) is 5.91 Å². The van der Waals surface area contributed by atoms with Gasteiger partial charge >= 0.3 is 6.03 Å². The van der Waals surface area contributed by atoms with Gasteiger partial charge in [0.15, 0.2) is 9.84 Å². The molecule has 0 aromatic heterocycles. The van der Waals surface area contributed by atoms with Crippen LogP contribution in [-0.4, -0.2) is 94.4 Å². The summed E-state index contributed by atoms with van der Waals surface area (Å²) in [5.41, 5.74) is -1.71. The third-order valence-corrected chi connectivity index (χ3v) is 15.1. The number of Topliss-reactive ketones (excluding diaryl/α,β-unsaturated/α-hetero) is 1. The number of nitrogens with one attached hydrogen (secondary N) is 4. The number of rotatable bonds is 12. The summed E-state index contributed by atoms with van der Waals surface area (Å²) in [7, 11) is -3.37. The number of likely N-dealkylation sites (tertiary alicyclic amines) is 1. The molecule has 2 aliphatic heterocycles. The monoisotopic (exact) mass is 743 g/mol. The first-order chi connectivity index (χ1) is 22.9. The largest absolute Gasteiger partial charge is 0.347 e. The van der Waals surface area contributed by atoms with Crippen LogP contribution in [0.2, 0.25) is 0 Å². The fourth-order valence-corrected chi connectivity index (χ4v) is 11.6. The molecule has 2 saturated heterocycles. The molecule has 0 spiro atoms. The summed E-state index contributed by atoms with van der Waals surface area (Å²) >= 11 is 13.2. The van der Waals surface area contributed by atoms with Crippen LogP contribution in [0.4, 0.5) is 4.79 Å². The van der Waals surface area contributed by atoms with Crippen LogP contribution in [0, 0.1) is 23.2 Å². The van der Waals surface area contributed by atoms with E-state index in [1.54, 1.807) is 20.8 Å². The molecular weight excluding hydrogens is 693 g/mol. The van der Waals surface area contributed by atoms with Crippen molar-refractivity contribution in [2.24, 2.45) is 23.2 Å². The van der Waals surface area contributed by atoms with Gasteiger partial charge in [-0.3, -0.25) is 19.2 Å². The lowest BCUT2D eigenvalue weighted by atomic mass is 9.78. The molecule has 2 heterocycles. The van der Waals surface area contributed by atoms with Gasteiger partial charge in [0.1, 0.15) is 16.4 Å². The standard InChI is InChI=1S/C34H51Cl2N5O7S/c1-32(2,3)27(39-31(46)40-33(15-5-4-6-16-33)23-8-7-17-49(23,47)48)30(45)41-18-21-24(34(21,35)36)25(41)28(43)38-22(14-11-19-9-10-19)26(42)29(44)37-20-12-13-20/h19-25,27H,4-18H2,1-3H3,(H,37,44)(H,38,43)(H2,39,40,46)/t21-,22-,23-,24-,25-,27+/m0/s1. The van der Waals surface area contributed by atoms with Crippen molar-refractivity contribution in [1.29, 1.82) is 0 Å². The van der Waals surface area contributed by atoms with Crippen LogP contribution >= 0.6 is 23.2 Å². The minimum atomic E-state index is -3.37. The molecule has 0 aromatic carbocycles. The fourth-order valence-electron chi connectivity index (χ4n) is 8.44. The zero-order valence-electron chi connectivity index (χ0n) is 28.7. The van der Waals surface area contributed by atoms with Crippen molar-refractivity contribution in [3.05, 3.63) is 0 Å². The lowest BCUT2D eigenvalue weighted by molar-refractivity contribution is -0.144. The zero-order valence-corrected chi connectivity index (χ0v) is 31.0. The van der Waals surface area contributed by atoms with Crippen molar-refractivity contribution in [1.82, 2.24) is 26.2 Å². The molecule has 15 heteroatoms. The molecule has 0 aromatic rings. The highest BCUT2D eigenvalue weighted by Gasteiger charge is 2.74. The highest BCUT2D eigenvalue weighted by atomic mass is 35.5. The van der Waals surface area contributed by atoms with E-state index in [1.165, 1.54) is 4.90 Å². The Kier molecular flexibility index (Phi) is 10.1. The molecule has 0 unspecified atom stereocenters. The summed E-state index contributed by atoms with van der Waals surface area (Å²) in [6.45, 7) is 5.49. The second-order valence-corrected chi connectivity index (χ2v) is 20.3. The molecule has 5 amide bonds. The first kappa shape index (κ1) is 36.7. The molecule has 4 aliphatic carbocycles. The molecule has 6 fully saturated rings.